The van der Waals surface area contributed by atoms with Gasteiger partial charge in [0, 0.05) is 12.5 Å². The Balaban J connectivity index is 2.05. The number of anilines is 1. The highest BCUT2D eigenvalue weighted by molar-refractivity contribution is 14.1. The normalized spacial score (nSPS) is 17.4. The molecule has 1 aliphatic rings. The van der Waals surface area contributed by atoms with Gasteiger partial charge in [-0.2, -0.15) is 0 Å². The molecule has 1 heterocycles. The molecule has 1 N–H and O–H groups in total. The summed E-state index contributed by atoms with van der Waals surface area (Å²) in [6.45, 7) is 5.05. The maximum Gasteiger partial charge on any atom is 0.143 e. The van der Waals surface area contributed by atoms with Crippen molar-refractivity contribution in [2.45, 2.75) is 39.0 Å². The van der Waals surface area contributed by atoms with Crippen LogP contribution in [0.4, 0.5) is 5.82 Å². The molecule has 0 amide bonds. The summed E-state index contributed by atoms with van der Waals surface area (Å²) in [7, 11) is 0. The Morgan fingerprint density at radius 1 is 1.29 bits per heavy atom. The number of nitrogens with one attached hydrogen (secondary N) is 1. The molecule has 0 saturated heterocycles. The first-order valence-corrected chi connectivity index (χ1v) is 8.64. The fourth-order valence-corrected chi connectivity index (χ4v) is 3.48. The first-order valence-electron chi connectivity index (χ1n) is 7.56. The van der Waals surface area contributed by atoms with Crippen molar-refractivity contribution < 1.29 is 0 Å². The lowest BCUT2D eigenvalue weighted by Crippen LogP contribution is -2.16. The van der Waals surface area contributed by atoms with Gasteiger partial charge < -0.3 is 5.32 Å². The number of benzene rings is 1. The number of hydrogen-bond donors (Lipinski definition) is 1. The van der Waals surface area contributed by atoms with Crippen LogP contribution >= 0.6 is 22.6 Å². The molecule has 1 aromatic carbocycles. The van der Waals surface area contributed by atoms with Gasteiger partial charge in [-0.15, -0.1) is 0 Å². The Hall–Kier alpha value is -1.17. The molecule has 0 fully saturated rings. The molecule has 1 aromatic heterocycles. The molecule has 0 bridgehead atoms. The molecule has 0 saturated carbocycles. The zero-order valence-corrected chi connectivity index (χ0v) is 14.6. The third-order valence-corrected chi connectivity index (χ3v) is 5.35. The highest BCUT2D eigenvalue weighted by Crippen LogP contribution is 2.36. The van der Waals surface area contributed by atoms with E-state index in [9.17, 15) is 0 Å². The molecule has 3 rings (SSSR count). The summed E-state index contributed by atoms with van der Waals surface area (Å²) in [6, 6.07) is 8.74. The third-order valence-electron chi connectivity index (χ3n) is 4.06. The van der Waals surface area contributed by atoms with E-state index in [0.717, 1.165) is 33.9 Å². The Bertz CT molecular complexity index is 654. The Morgan fingerprint density at radius 2 is 2.10 bits per heavy atom. The fourth-order valence-electron chi connectivity index (χ4n) is 3.04. The second kappa shape index (κ2) is 6.30. The number of halogens is 1. The van der Waals surface area contributed by atoms with E-state index in [1.54, 1.807) is 0 Å². The maximum absolute atomic E-state index is 4.82. The highest BCUT2D eigenvalue weighted by Gasteiger charge is 2.25. The zero-order chi connectivity index (χ0) is 14.8. The van der Waals surface area contributed by atoms with Crippen LogP contribution in [0.15, 0.2) is 24.3 Å². The van der Waals surface area contributed by atoms with E-state index in [2.05, 4.69) is 66.0 Å². The minimum atomic E-state index is 0.336. The standard InChI is InChI=1S/C17H20IN3/c1-3-19-17-15(18)11(2)20-16(21-17)14-10-6-8-12-7-4-5-9-13(12)14/h4-5,7,9,14H,3,6,8,10H2,1-2H3,(H,19,20,21). The first kappa shape index (κ1) is 14.8. The van der Waals surface area contributed by atoms with E-state index in [0.29, 0.717) is 5.92 Å². The van der Waals surface area contributed by atoms with E-state index in [1.165, 1.54) is 24.0 Å². The number of nitrogens with zero attached hydrogens (tertiary/aromatic N) is 2. The van der Waals surface area contributed by atoms with Crippen LogP contribution in [0.5, 0.6) is 0 Å². The SMILES string of the molecule is CCNc1nc(C2CCCc3ccccc32)nc(C)c1I. The van der Waals surface area contributed by atoms with Gasteiger partial charge in [0.25, 0.3) is 0 Å². The van der Waals surface area contributed by atoms with Crippen LogP contribution in [0.2, 0.25) is 0 Å². The summed E-state index contributed by atoms with van der Waals surface area (Å²) in [4.78, 5) is 9.60. The fraction of sp³-hybridized carbons (Fsp3) is 0.412. The minimum absolute atomic E-state index is 0.336. The lowest BCUT2D eigenvalue weighted by molar-refractivity contribution is 0.588. The molecule has 21 heavy (non-hydrogen) atoms. The summed E-state index contributed by atoms with van der Waals surface area (Å²) in [5.74, 6) is 2.28. The molecular formula is C17H20IN3. The van der Waals surface area contributed by atoms with Crippen LogP contribution in [0, 0.1) is 10.5 Å². The minimum Gasteiger partial charge on any atom is -0.369 e. The van der Waals surface area contributed by atoms with Gasteiger partial charge >= 0.3 is 0 Å². The summed E-state index contributed by atoms with van der Waals surface area (Å²) < 4.78 is 1.13. The zero-order valence-electron chi connectivity index (χ0n) is 12.5. The van der Waals surface area contributed by atoms with Gasteiger partial charge in [-0.3, -0.25) is 0 Å². The number of aryl methyl sites for hydroxylation is 2. The Morgan fingerprint density at radius 3 is 2.90 bits per heavy atom. The summed E-state index contributed by atoms with van der Waals surface area (Å²) in [6.07, 6.45) is 3.53. The molecule has 2 aromatic rings. The van der Waals surface area contributed by atoms with E-state index < -0.39 is 0 Å². The van der Waals surface area contributed by atoms with Crippen LogP contribution in [-0.4, -0.2) is 16.5 Å². The molecule has 0 radical (unpaired) electrons. The molecule has 1 atom stereocenters. The molecule has 0 aliphatic heterocycles. The van der Waals surface area contributed by atoms with Gasteiger partial charge in [0.2, 0.25) is 0 Å². The van der Waals surface area contributed by atoms with Gasteiger partial charge in [0.05, 0.1) is 9.26 Å². The molecule has 4 heteroatoms. The molecule has 110 valence electrons. The molecule has 3 nitrogen and oxygen atoms in total. The smallest absolute Gasteiger partial charge is 0.143 e. The van der Waals surface area contributed by atoms with Crippen molar-refractivity contribution in [3.05, 3.63) is 50.5 Å². The van der Waals surface area contributed by atoms with Gasteiger partial charge in [-0.1, -0.05) is 24.3 Å². The van der Waals surface area contributed by atoms with E-state index in [4.69, 9.17) is 9.97 Å². The second-order valence-electron chi connectivity index (χ2n) is 5.50. The lowest BCUT2D eigenvalue weighted by Gasteiger charge is -2.25. The second-order valence-corrected chi connectivity index (χ2v) is 6.58. The van der Waals surface area contributed by atoms with Crippen molar-refractivity contribution in [2.75, 3.05) is 11.9 Å². The molecule has 0 spiro atoms. The van der Waals surface area contributed by atoms with Crippen LogP contribution in [0.1, 0.15) is 48.3 Å². The molecule has 1 aliphatic carbocycles. The van der Waals surface area contributed by atoms with Gasteiger partial charge in [-0.25, -0.2) is 9.97 Å². The van der Waals surface area contributed by atoms with Crippen molar-refractivity contribution in [3.8, 4) is 0 Å². The molecular weight excluding hydrogens is 373 g/mol. The van der Waals surface area contributed by atoms with Crippen molar-refractivity contribution in [1.29, 1.82) is 0 Å². The summed E-state index contributed by atoms with van der Waals surface area (Å²) in [5.41, 5.74) is 3.94. The predicted molar refractivity (Wildman–Crippen MR) is 94.9 cm³/mol. The van der Waals surface area contributed by atoms with E-state index in [1.807, 2.05) is 0 Å². The quantitative estimate of drug-likeness (QED) is 0.791. The van der Waals surface area contributed by atoms with Crippen LogP contribution in [0.3, 0.4) is 0 Å². The largest absolute Gasteiger partial charge is 0.369 e. The van der Waals surface area contributed by atoms with E-state index >= 15 is 0 Å². The predicted octanol–water partition coefficient (Wildman–Crippen LogP) is 4.29. The van der Waals surface area contributed by atoms with Crippen molar-refractivity contribution in [2.24, 2.45) is 0 Å². The third kappa shape index (κ3) is 2.91. The van der Waals surface area contributed by atoms with Gasteiger partial charge in [-0.05, 0) is 66.8 Å². The summed E-state index contributed by atoms with van der Waals surface area (Å²) >= 11 is 2.33. The summed E-state index contributed by atoms with van der Waals surface area (Å²) in [5, 5.41) is 3.36. The van der Waals surface area contributed by atoms with Crippen molar-refractivity contribution in [3.63, 3.8) is 0 Å². The average molecular weight is 393 g/mol. The van der Waals surface area contributed by atoms with Crippen LogP contribution in [0.25, 0.3) is 0 Å². The van der Waals surface area contributed by atoms with Crippen molar-refractivity contribution >= 4 is 28.4 Å². The maximum atomic E-state index is 4.82. The van der Waals surface area contributed by atoms with E-state index in [-0.39, 0.29) is 0 Å². The van der Waals surface area contributed by atoms with Gasteiger partial charge in [0.1, 0.15) is 11.6 Å². The van der Waals surface area contributed by atoms with Gasteiger partial charge in [0.15, 0.2) is 0 Å². The number of aromatic nitrogens is 2. The molecule has 1 unspecified atom stereocenters. The van der Waals surface area contributed by atoms with Crippen molar-refractivity contribution in [1.82, 2.24) is 9.97 Å². The first-order chi connectivity index (χ1) is 10.2. The topological polar surface area (TPSA) is 37.8 Å². The number of rotatable bonds is 3. The average Bonchev–Trinajstić information content (AvgIpc) is 2.51. The Kier molecular flexibility index (Phi) is 4.42. The highest BCUT2D eigenvalue weighted by atomic mass is 127. The lowest BCUT2D eigenvalue weighted by atomic mass is 9.82. The number of hydrogen-bond acceptors (Lipinski definition) is 3. The monoisotopic (exact) mass is 393 g/mol. The van der Waals surface area contributed by atoms with Crippen LogP contribution in [-0.2, 0) is 6.42 Å². The van der Waals surface area contributed by atoms with Crippen LogP contribution < -0.4 is 5.32 Å². The number of fused-ring (bicyclic) bond motifs is 1. The Labute approximate surface area is 139 Å².